The zero-order valence-electron chi connectivity index (χ0n) is 11.1. The monoisotopic (exact) mass is 344 g/mol. The lowest BCUT2D eigenvalue weighted by molar-refractivity contribution is -0.137. The van der Waals surface area contributed by atoms with E-state index < -0.39 is 23.2 Å². The molecular formula is C13H17Cl2F3N2O. The summed E-state index contributed by atoms with van der Waals surface area (Å²) in [7, 11) is 0. The Morgan fingerprint density at radius 3 is 2.29 bits per heavy atom. The van der Waals surface area contributed by atoms with Crippen molar-refractivity contribution < 1.29 is 18.3 Å². The van der Waals surface area contributed by atoms with Gasteiger partial charge in [0.05, 0.1) is 16.3 Å². The largest absolute Gasteiger partial charge is 0.418 e. The molecule has 1 aliphatic carbocycles. The van der Waals surface area contributed by atoms with Crippen LogP contribution in [0.4, 0.5) is 18.9 Å². The van der Waals surface area contributed by atoms with E-state index in [2.05, 4.69) is 0 Å². The van der Waals surface area contributed by atoms with Crippen LogP contribution in [0, 0.1) is 5.92 Å². The minimum Gasteiger partial charge on any atom is -0.397 e. The number of aliphatic hydroxyl groups is 1. The first-order valence-corrected chi connectivity index (χ1v) is 6.67. The third kappa shape index (κ3) is 3.94. The SMILES string of the molecule is Cl.Nc1c(Cl)cc(C(N)(O)CC2CCC2)cc1C(F)(F)F. The van der Waals surface area contributed by atoms with Crippen LogP contribution in [0.2, 0.25) is 5.02 Å². The van der Waals surface area contributed by atoms with Crippen LogP contribution in [0.25, 0.3) is 0 Å². The average molecular weight is 345 g/mol. The Labute approximate surface area is 131 Å². The summed E-state index contributed by atoms with van der Waals surface area (Å²) in [6.45, 7) is 0. The summed E-state index contributed by atoms with van der Waals surface area (Å²) in [6.07, 6.45) is -1.53. The van der Waals surface area contributed by atoms with E-state index in [1.54, 1.807) is 0 Å². The number of halogens is 5. The van der Waals surface area contributed by atoms with Gasteiger partial charge in [-0.05, 0) is 24.5 Å². The van der Waals surface area contributed by atoms with Crippen LogP contribution in [-0.2, 0) is 11.9 Å². The molecule has 5 N–H and O–H groups in total. The summed E-state index contributed by atoms with van der Waals surface area (Å²) in [5.41, 5.74) is 7.60. The molecule has 1 fully saturated rings. The predicted molar refractivity (Wildman–Crippen MR) is 78.2 cm³/mol. The van der Waals surface area contributed by atoms with Gasteiger partial charge in [-0.3, -0.25) is 5.73 Å². The van der Waals surface area contributed by atoms with Gasteiger partial charge in [-0.1, -0.05) is 30.9 Å². The van der Waals surface area contributed by atoms with Crippen LogP contribution < -0.4 is 11.5 Å². The highest BCUT2D eigenvalue weighted by atomic mass is 35.5. The first kappa shape index (κ1) is 18.4. The number of hydrogen-bond donors (Lipinski definition) is 3. The van der Waals surface area contributed by atoms with Crippen LogP contribution in [0.1, 0.15) is 36.8 Å². The Kier molecular flexibility index (Phi) is 5.42. The molecule has 0 heterocycles. The zero-order valence-corrected chi connectivity index (χ0v) is 12.7. The Morgan fingerprint density at radius 2 is 1.86 bits per heavy atom. The third-order valence-electron chi connectivity index (χ3n) is 3.76. The molecule has 0 aromatic heterocycles. The lowest BCUT2D eigenvalue weighted by Crippen LogP contribution is -2.40. The fraction of sp³-hybridized carbons (Fsp3) is 0.538. The van der Waals surface area contributed by atoms with E-state index >= 15 is 0 Å². The maximum atomic E-state index is 12.9. The number of alkyl halides is 3. The number of rotatable bonds is 3. The van der Waals surface area contributed by atoms with E-state index in [4.69, 9.17) is 23.1 Å². The molecule has 3 nitrogen and oxygen atoms in total. The molecule has 21 heavy (non-hydrogen) atoms. The lowest BCUT2D eigenvalue weighted by Gasteiger charge is -2.34. The van der Waals surface area contributed by atoms with E-state index in [1.165, 1.54) is 6.07 Å². The maximum absolute atomic E-state index is 12.9. The van der Waals surface area contributed by atoms with Crippen LogP contribution in [-0.4, -0.2) is 5.11 Å². The van der Waals surface area contributed by atoms with Crippen LogP contribution >= 0.6 is 24.0 Å². The Balaban J connectivity index is 0.00000220. The zero-order chi connectivity index (χ0) is 15.1. The molecular weight excluding hydrogens is 328 g/mol. The summed E-state index contributed by atoms with van der Waals surface area (Å²) < 4.78 is 38.6. The first-order chi connectivity index (χ1) is 9.11. The van der Waals surface area contributed by atoms with Gasteiger partial charge in [0.2, 0.25) is 0 Å². The van der Waals surface area contributed by atoms with Crippen molar-refractivity contribution in [1.82, 2.24) is 0 Å². The summed E-state index contributed by atoms with van der Waals surface area (Å²) in [4.78, 5) is 0. The van der Waals surface area contributed by atoms with Crippen molar-refractivity contribution >= 4 is 29.7 Å². The topological polar surface area (TPSA) is 72.3 Å². The number of nitrogens with two attached hydrogens (primary N) is 2. The van der Waals surface area contributed by atoms with Gasteiger partial charge in [-0.25, -0.2) is 0 Å². The highest BCUT2D eigenvalue weighted by Gasteiger charge is 2.37. The molecule has 1 aromatic carbocycles. The fourth-order valence-electron chi connectivity index (χ4n) is 2.36. The van der Waals surface area contributed by atoms with Crippen molar-refractivity contribution in [2.24, 2.45) is 11.7 Å². The normalized spacial score (nSPS) is 18.6. The summed E-state index contributed by atoms with van der Waals surface area (Å²) in [6, 6.07) is 1.98. The van der Waals surface area contributed by atoms with Crippen molar-refractivity contribution in [2.45, 2.75) is 37.6 Å². The van der Waals surface area contributed by atoms with Gasteiger partial charge in [0, 0.05) is 5.56 Å². The molecule has 1 saturated carbocycles. The molecule has 1 unspecified atom stereocenters. The summed E-state index contributed by atoms with van der Waals surface area (Å²) in [5.74, 6) is 0.232. The van der Waals surface area contributed by atoms with E-state index in [0.29, 0.717) is 0 Å². The number of nitrogen functional groups attached to an aromatic ring is 1. The average Bonchev–Trinajstić information content (AvgIpc) is 2.25. The minimum atomic E-state index is -4.64. The highest BCUT2D eigenvalue weighted by Crippen LogP contribution is 2.41. The van der Waals surface area contributed by atoms with Crippen LogP contribution in [0.5, 0.6) is 0 Å². The number of anilines is 1. The minimum absolute atomic E-state index is 0. The first-order valence-electron chi connectivity index (χ1n) is 6.29. The molecule has 120 valence electrons. The second-order valence-electron chi connectivity index (χ2n) is 5.34. The Bertz CT molecular complexity index is 517. The maximum Gasteiger partial charge on any atom is 0.418 e. The van der Waals surface area contributed by atoms with Crippen LogP contribution in [0.3, 0.4) is 0 Å². The predicted octanol–water partition coefficient (Wildman–Crippen LogP) is 3.66. The summed E-state index contributed by atoms with van der Waals surface area (Å²) >= 11 is 5.72. The van der Waals surface area contributed by atoms with E-state index in [-0.39, 0.29) is 35.3 Å². The van der Waals surface area contributed by atoms with Gasteiger partial charge in [-0.2, -0.15) is 13.2 Å². The standard InChI is InChI=1S/C13H16ClF3N2O.ClH/c14-10-5-8(4-9(11(10)18)13(15,16)17)12(19,20)6-7-2-1-3-7;/h4-5,7,20H,1-3,6,18-19H2;1H. The number of benzene rings is 1. The molecule has 2 rings (SSSR count). The molecule has 0 amide bonds. The highest BCUT2D eigenvalue weighted by molar-refractivity contribution is 6.33. The van der Waals surface area contributed by atoms with Crippen molar-refractivity contribution in [3.05, 3.63) is 28.3 Å². The van der Waals surface area contributed by atoms with Gasteiger partial charge >= 0.3 is 6.18 Å². The van der Waals surface area contributed by atoms with Crippen molar-refractivity contribution in [3.63, 3.8) is 0 Å². The summed E-state index contributed by atoms with van der Waals surface area (Å²) in [5, 5.41) is 9.98. The molecule has 0 spiro atoms. The van der Waals surface area contributed by atoms with Crippen LogP contribution in [0.15, 0.2) is 12.1 Å². The molecule has 0 saturated heterocycles. The van der Waals surface area contributed by atoms with Gasteiger partial charge in [0.1, 0.15) is 5.72 Å². The lowest BCUT2D eigenvalue weighted by atomic mass is 9.78. The molecule has 1 aliphatic rings. The second kappa shape index (κ2) is 6.20. The quantitative estimate of drug-likeness (QED) is 0.578. The van der Waals surface area contributed by atoms with Gasteiger partial charge in [0.15, 0.2) is 0 Å². The smallest absolute Gasteiger partial charge is 0.397 e. The number of hydrogen-bond acceptors (Lipinski definition) is 3. The van der Waals surface area contributed by atoms with Crippen molar-refractivity contribution in [2.75, 3.05) is 5.73 Å². The molecule has 0 aliphatic heterocycles. The van der Waals surface area contributed by atoms with Gasteiger partial charge in [0.25, 0.3) is 0 Å². The van der Waals surface area contributed by atoms with E-state index in [0.717, 1.165) is 25.3 Å². The van der Waals surface area contributed by atoms with Crippen molar-refractivity contribution in [3.8, 4) is 0 Å². The Hall–Kier alpha value is -0.690. The van der Waals surface area contributed by atoms with E-state index in [1.807, 2.05) is 0 Å². The Morgan fingerprint density at radius 1 is 1.29 bits per heavy atom. The molecule has 1 atom stereocenters. The third-order valence-corrected chi connectivity index (χ3v) is 4.07. The van der Waals surface area contributed by atoms with Gasteiger partial charge < -0.3 is 10.8 Å². The molecule has 8 heteroatoms. The fourth-order valence-corrected chi connectivity index (χ4v) is 2.58. The van der Waals surface area contributed by atoms with Gasteiger partial charge in [-0.15, -0.1) is 12.4 Å². The molecule has 0 radical (unpaired) electrons. The second-order valence-corrected chi connectivity index (χ2v) is 5.75. The van der Waals surface area contributed by atoms with E-state index in [9.17, 15) is 18.3 Å². The molecule has 1 aromatic rings. The van der Waals surface area contributed by atoms with Crippen molar-refractivity contribution in [1.29, 1.82) is 0 Å². The molecule has 0 bridgehead atoms.